The number of amides is 2. The van der Waals surface area contributed by atoms with E-state index in [9.17, 15) is 17.6 Å². The van der Waals surface area contributed by atoms with Crippen LogP contribution in [0.3, 0.4) is 0 Å². The third-order valence-corrected chi connectivity index (χ3v) is 4.96. The van der Waals surface area contributed by atoms with Crippen molar-refractivity contribution in [2.75, 3.05) is 5.32 Å². The summed E-state index contributed by atoms with van der Waals surface area (Å²) in [4.78, 5) is 11.5. The number of hydrogen-bond donors (Lipinski definition) is 2. The molecule has 0 saturated carbocycles. The molecule has 5 nitrogen and oxygen atoms in total. The Morgan fingerprint density at radius 3 is 2.26 bits per heavy atom. The molecule has 0 bridgehead atoms. The van der Waals surface area contributed by atoms with Gasteiger partial charge in [-0.05, 0) is 36.4 Å². The molecule has 0 aliphatic heterocycles. The smallest absolute Gasteiger partial charge is 0.307 e. The van der Waals surface area contributed by atoms with E-state index < -0.39 is 21.9 Å². The standard InChI is InChI=1S/C13H8Cl3FN2O3S/c14-9-3-2-8(6-10(9)15)23(21,22)19-13(20)18-7-1-4-12(17)11(16)5-7/h1-6H,(H2,18,19,20). The summed E-state index contributed by atoms with van der Waals surface area (Å²) in [5.41, 5.74) is 0.123. The molecule has 2 aromatic carbocycles. The number of sulfonamides is 1. The Hall–Kier alpha value is -1.54. The first-order chi connectivity index (χ1) is 10.7. The molecule has 2 N–H and O–H groups in total. The van der Waals surface area contributed by atoms with Crippen molar-refractivity contribution in [2.24, 2.45) is 0 Å². The summed E-state index contributed by atoms with van der Waals surface area (Å²) < 4.78 is 38.9. The highest BCUT2D eigenvalue weighted by Gasteiger charge is 2.19. The molecule has 0 aromatic heterocycles. The highest BCUT2D eigenvalue weighted by atomic mass is 35.5. The van der Waals surface area contributed by atoms with Crippen LogP contribution in [0.15, 0.2) is 41.3 Å². The molecule has 10 heteroatoms. The first-order valence-corrected chi connectivity index (χ1v) is 8.54. The van der Waals surface area contributed by atoms with Gasteiger partial charge in [-0.2, -0.15) is 0 Å². The maximum absolute atomic E-state index is 13.0. The predicted octanol–water partition coefficient (Wildman–Crippen LogP) is 4.30. The van der Waals surface area contributed by atoms with Crippen LogP contribution >= 0.6 is 34.8 Å². The van der Waals surface area contributed by atoms with Crippen molar-refractivity contribution in [1.82, 2.24) is 4.72 Å². The minimum atomic E-state index is -4.15. The van der Waals surface area contributed by atoms with E-state index in [0.29, 0.717) is 0 Å². The van der Waals surface area contributed by atoms with Gasteiger partial charge in [0.15, 0.2) is 0 Å². The maximum atomic E-state index is 13.0. The molecule has 0 spiro atoms. The monoisotopic (exact) mass is 396 g/mol. The molecular weight excluding hydrogens is 390 g/mol. The molecule has 122 valence electrons. The molecule has 0 aliphatic carbocycles. The lowest BCUT2D eigenvalue weighted by molar-refractivity contribution is 0.256. The molecule has 0 aliphatic rings. The summed E-state index contributed by atoms with van der Waals surface area (Å²) in [6, 6.07) is 5.95. The maximum Gasteiger partial charge on any atom is 0.333 e. The Morgan fingerprint density at radius 2 is 1.65 bits per heavy atom. The molecule has 0 heterocycles. The van der Waals surface area contributed by atoms with Gasteiger partial charge in [0.05, 0.1) is 20.0 Å². The highest BCUT2D eigenvalue weighted by Crippen LogP contribution is 2.25. The SMILES string of the molecule is O=C(Nc1ccc(F)c(Cl)c1)NS(=O)(=O)c1ccc(Cl)c(Cl)c1. The lowest BCUT2D eigenvalue weighted by Crippen LogP contribution is -2.34. The first kappa shape index (κ1) is 17.8. The van der Waals surface area contributed by atoms with E-state index >= 15 is 0 Å². The van der Waals surface area contributed by atoms with Gasteiger partial charge >= 0.3 is 6.03 Å². The average molecular weight is 398 g/mol. The quantitative estimate of drug-likeness (QED) is 0.811. The van der Waals surface area contributed by atoms with Crippen molar-refractivity contribution in [3.05, 3.63) is 57.3 Å². The molecule has 0 fully saturated rings. The third-order valence-electron chi connectivity index (χ3n) is 2.61. The van der Waals surface area contributed by atoms with Gasteiger partial charge in [0.2, 0.25) is 0 Å². The van der Waals surface area contributed by atoms with Crippen LogP contribution in [0.4, 0.5) is 14.9 Å². The van der Waals surface area contributed by atoms with E-state index in [2.05, 4.69) is 5.32 Å². The fourth-order valence-electron chi connectivity index (χ4n) is 1.56. The summed E-state index contributed by atoms with van der Waals surface area (Å²) >= 11 is 17.0. The van der Waals surface area contributed by atoms with Gasteiger partial charge in [-0.15, -0.1) is 0 Å². The zero-order valence-corrected chi connectivity index (χ0v) is 14.2. The topological polar surface area (TPSA) is 75.3 Å². The second kappa shape index (κ2) is 6.92. The summed E-state index contributed by atoms with van der Waals surface area (Å²) in [7, 11) is -4.15. The number of halogens is 4. The number of rotatable bonds is 3. The predicted molar refractivity (Wildman–Crippen MR) is 87.2 cm³/mol. The molecule has 0 saturated heterocycles. The van der Waals surface area contributed by atoms with E-state index in [4.69, 9.17) is 34.8 Å². The molecule has 0 atom stereocenters. The number of urea groups is 1. The molecule has 2 aromatic rings. The van der Waals surface area contributed by atoms with Gasteiger partial charge in [-0.25, -0.2) is 22.3 Å². The number of carbonyl (C=O) groups excluding carboxylic acids is 1. The van der Waals surface area contributed by atoms with Gasteiger partial charge < -0.3 is 5.32 Å². The van der Waals surface area contributed by atoms with Gasteiger partial charge in [0.25, 0.3) is 10.0 Å². The second-order valence-electron chi connectivity index (χ2n) is 4.26. The Labute approximate surface area is 146 Å². The Bertz CT molecular complexity index is 875. The number of hydrogen-bond acceptors (Lipinski definition) is 3. The van der Waals surface area contributed by atoms with Crippen LogP contribution in [0.25, 0.3) is 0 Å². The van der Waals surface area contributed by atoms with Gasteiger partial charge in [-0.3, -0.25) is 0 Å². The van der Waals surface area contributed by atoms with E-state index in [-0.39, 0.29) is 25.7 Å². The lowest BCUT2D eigenvalue weighted by Gasteiger charge is -2.09. The second-order valence-corrected chi connectivity index (χ2v) is 7.17. The van der Waals surface area contributed by atoms with Crippen molar-refractivity contribution in [2.45, 2.75) is 4.90 Å². The normalized spacial score (nSPS) is 11.1. The Balaban J connectivity index is 2.14. The van der Waals surface area contributed by atoms with Crippen molar-refractivity contribution in [1.29, 1.82) is 0 Å². The fraction of sp³-hybridized carbons (Fsp3) is 0. The molecule has 2 rings (SSSR count). The molecule has 2 amide bonds. The summed E-state index contributed by atoms with van der Waals surface area (Å²) in [6.45, 7) is 0. The molecule has 23 heavy (non-hydrogen) atoms. The minimum absolute atomic E-state index is 0.0280. The fourth-order valence-corrected chi connectivity index (χ4v) is 3.03. The van der Waals surface area contributed by atoms with E-state index in [1.807, 2.05) is 0 Å². The van der Waals surface area contributed by atoms with Crippen molar-refractivity contribution in [3.8, 4) is 0 Å². The van der Waals surface area contributed by atoms with Crippen molar-refractivity contribution < 1.29 is 17.6 Å². The van der Waals surface area contributed by atoms with Crippen LogP contribution in [0.1, 0.15) is 0 Å². The van der Waals surface area contributed by atoms with Crippen LogP contribution < -0.4 is 10.0 Å². The number of benzene rings is 2. The van der Waals surface area contributed by atoms with Crippen LogP contribution in [-0.4, -0.2) is 14.4 Å². The zero-order chi connectivity index (χ0) is 17.2. The zero-order valence-electron chi connectivity index (χ0n) is 11.1. The van der Waals surface area contributed by atoms with Crippen LogP contribution in [-0.2, 0) is 10.0 Å². The van der Waals surface area contributed by atoms with Gasteiger partial charge in [-0.1, -0.05) is 34.8 Å². The third kappa shape index (κ3) is 4.48. The Kier molecular flexibility index (Phi) is 5.36. The minimum Gasteiger partial charge on any atom is -0.307 e. The summed E-state index contributed by atoms with van der Waals surface area (Å²) in [6.07, 6.45) is 0. The van der Waals surface area contributed by atoms with E-state index in [1.54, 1.807) is 4.72 Å². The van der Waals surface area contributed by atoms with Crippen molar-refractivity contribution >= 4 is 56.5 Å². The highest BCUT2D eigenvalue weighted by molar-refractivity contribution is 7.90. The van der Waals surface area contributed by atoms with Gasteiger partial charge in [0, 0.05) is 5.69 Å². The van der Waals surface area contributed by atoms with Gasteiger partial charge in [0.1, 0.15) is 5.82 Å². The molecule has 0 unspecified atom stereocenters. The summed E-state index contributed by atoms with van der Waals surface area (Å²) in [5, 5.41) is 2.21. The number of carbonyl (C=O) groups is 1. The van der Waals surface area contributed by atoms with E-state index in [1.165, 1.54) is 18.2 Å². The largest absolute Gasteiger partial charge is 0.333 e. The first-order valence-electron chi connectivity index (χ1n) is 5.93. The Morgan fingerprint density at radius 1 is 0.957 bits per heavy atom. The van der Waals surface area contributed by atoms with Crippen molar-refractivity contribution in [3.63, 3.8) is 0 Å². The molecular formula is C13H8Cl3FN2O3S. The number of anilines is 1. The lowest BCUT2D eigenvalue weighted by atomic mass is 10.3. The van der Waals surface area contributed by atoms with Crippen LogP contribution in [0.2, 0.25) is 15.1 Å². The average Bonchev–Trinajstić information content (AvgIpc) is 2.45. The summed E-state index contributed by atoms with van der Waals surface area (Å²) in [5.74, 6) is -0.666. The van der Waals surface area contributed by atoms with Crippen LogP contribution in [0, 0.1) is 5.82 Å². The number of nitrogens with one attached hydrogen (secondary N) is 2. The van der Waals surface area contributed by atoms with Crippen LogP contribution in [0.5, 0.6) is 0 Å². The molecule has 0 radical (unpaired) electrons. The van der Waals surface area contributed by atoms with E-state index in [0.717, 1.165) is 18.2 Å².